The van der Waals surface area contributed by atoms with Crippen LogP contribution in [0.2, 0.25) is 5.02 Å². The summed E-state index contributed by atoms with van der Waals surface area (Å²) < 4.78 is 0. The second-order valence-corrected chi connectivity index (χ2v) is 6.51. The number of hydrogen-bond acceptors (Lipinski definition) is 4. The molecule has 122 valence electrons. The average Bonchev–Trinajstić information content (AvgIpc) is 2.56. The minimum atomic E-state index is 0.554. The highest BCUT2D eigenvalue weighted by atomic mass is 35.5. The molecule has 4 nitrogen and oxygen atoms in total. The summed E-state index contributed by atoms with van der Waals surface area (Å²) in [5.74, 6) is 1.78. The molecule has 1 aliphatic rings. The molecule has 1 aromatic heterocycles. The van der Waals surface area contributed by atoms with E-state index in [2.05, 4.69) is 26.7 Å². The molecule has 0 unspecified atom stereocenters. The van der Waals surface area contributed by atoms with Crippen molar-refractivity contribution >= 4 is 23.2 Å². The molecule has 3 rings (SSSR count). The minimum absolute atomic E-state index is 0.554. The van der Waals surface area contributed by atoms with Crippen LogP contribution >= 0.6 is 11.6 Å². The van der Waals surface area contributed by atoms with Crippen LogP contribution in [0.3, 0.4) is 0 Å². The zero-order chi connectivity index (χ0) is 15.9. The van der Waals surface area contributed by atoms with E-state index in [1.165, 1.54) is 37.7 Å². The van der Waals surface area contributed by atoms with Crippen LogP contribution in [0.1, 0.15) is 37.7 Å². The molecule has 0 saturated heterocycles. The maximum atomic E-state index is 6.00. The predicted molar refractivity (Wildman–Crippen MR) is 96.2 cm³/mol. The summed E-state index contributed by atoms with van der Waals surface area (Å²) in [7, 11) is 0. The van der Waals surface area contributed by atoms with Gasteiger partial charge in [-0.05, 0) is 37.0 Å². The van der Waals surface area contributed by atoms with Gasteiger partial charge < -0.3 is 10.6 Å². The minimum Gasteiger partial charge on any atom is -0.370 e. The third-order valence-electron chi connectivity index (χ3n) is 4.23. The van der Waals surface area contributed by atoms with Crippen molar-refractivity contribution in [3.05, 3.63) is 47.2 Å². The Morgan fingerprint density at radius 3 is 2.70 bits per heavy atom. The van der Waals surface area contributed by atoms with E-state index >= 15 is 0 Å². The zero-order valence-electron chi connectivity index (χ0n) is 13.3. The molecule has 1 aromatic carbocycles. The summed E-state index contributed by atoms with van der Waals surface area (Å²) >= 11 is 6.00. The molecular weight excluding hydrogens is 308 g/mol. The maximum absolute atomic E-state index is 6.00. The van der Waals surface area contributed by atoms with E-state index in [0.29, 0.717) is 6.04 Å². The summed E-state index contributed by atoms with van der Waals surface area (Å²) in [6.07, 6.45) is 8.99. The average molecular weight is 331 g/mol. The number of nitrogens with one attached hydrogen (secondary N) is 2. The fourth-order valence-corrected chi connectivity index (χ4v) is 3.23. The Kier molecular flexibility index (Phi) is 5.70. The van der Waals surface area contributed by atoms with Crippen molar-refractivity contribution in [2.24, 2.45) is 0 Å². The van der Waals surface area contributed by atoms with Crippen molar-refractivity contribution in [1.82, 2.24) is 9.97 Å². The zero-order valence-corrected chi connectivity index (χ0v) is 14.0. The first kappa shape index (κ1) is 16.1. The second-order valence-electron chi connectivity index (χ2n) is 6.07. The van der Waals surface area contributed by atoms with Crippen LogP contribution in [0.25, 0.3) is 0 Å². The van der Waals surface area contributed by atoms with E-state index in [1.807, 2.05) is 24.3 Å². The molecule has 0 radical (unpaired) electrons. The quantitative estimate of drug-likeness (QED) is 0.817. The first-order valence-electron chi connectivity index (χ1n) is 8.36. The van der Waals surface area contributed by atoms with Gasteiger partial charge in [0, 0.05) is 23.7 Å². The van der Waals surface area contributed by atoms with Crippen LogP contribution in [0.15, 0.2) is 36.7 Å². The Labute approximate surface area is 142 Å². The molecule has 0 atom stereocenters. The lowest BCUT2D eigenvalue weighted by molar-refractivity contribution is 0.462. The molecule has 5 heteroatoms. The summed E-state index contributed by atoms with van der Waals surface area (Å²) in [6.45, 7) is 0.820. The second kappa shape index (κ2) is 8.16. The highest BCUT2D eigenvalue weighted by Gasteiger charge is 2.13. The van der Waals surface area contributed by atoms with Gasteiger partial charge in [0.05, 0.1) is 0 Å². The van der Waals surface area contributed by atoms with Gasteiger partial charge in [-0.1, -0.05) is 43.0 Å². The topological polar surface area (TPSA) is 49.8 Å². The molecule has 23 heavy (non-hydrogen) atoms. The Hall–Kier alpha value is -1.81. The monoisotopic (exact) mass is 330 g/mol. The molecule has 0 aliphatic heterocycles. The lowest BCUT2D eigenvalue weighted by Crippen LogP contribution is -2.23. The smallest absolute Gasteiger partial charge is 0.131 e. The van der Waals surface area contributed by atoms with Crippen LogP contribution in [-0.2, 0) is 6.42 Å². The molecule has 0 amide bonds. The first-order chi connectivity index (χ1) is 11.3. The van der Waals surface area contributed by atoms with E-state index in [4.69, 9.17) is 11.6 Å². The van der Waals surface area contributed by atoms with Crippen molar-refractivity contribution in [3.8, 4) is 0 Å². The van der Waals surface area contributed by atoms with Crippen LogP contribution in [-0.4, -0.2) is 22.6 Å². The third kappa shape index (κ3) is 5.10. The van der Waals surface area contributed by atoms with Crippen LogP contribution in [0, 0.1) is 0 Å². The molecule has 1 aliphatic carbocycles. The van der Waals surface area contributed by atoms with Crippen molar-refractivity contribution in [1.29, 1.82) is 0 Å². The van der Waals surface area contributed by atoms with E-state index in [1.54, 1.807) is 6.33 Å². The summed E-state index contributed by atoms with van der Waals surface area (Å²) in [6, 6.07) is 10.5. The predicted octanol–water partition coefficient (Wildman–Crippen LogP) is 4.53. The Balaban J connectivity index is 1.51. The Morgan fingerprint density at radius 1 is 1.04 bits per heavy atom. The van der Waals surface area contributed by atoms with Gasteiger partial charge in [0.2, 0.25) is 0 Å². The van der Waals surface area contributed by atoms with Crippen LogP contribution in [0.4, 0.5) is 11.6 Å². The Bertz CT molecular complexity index is 626. The number of rotatable bonds is 6. The third-order valence-corrected chi connectivity index (χ3v) is 4.47. The van der Waals surface area contributed by atoms with Gasteiger partial charge in [-0.25, -0.2) is 9.97 Å². The van der Waals surface area contributed by atoms with Gasteiger partial charge in [-0.15, -0.1) is 0 Å². The fourth-order valence-electron chi connectivity index (χ4n) is 3.02. The molecule has 0 bridgehead atoms. The molecule has 1 fully saturated rings. The number of aromatic nitrogens is 2. The molecule has 2 N–H and O–H groups in total. The summed E-state index contributed by atoms with van der Waals surface area (Å²) in [4.78, 5) is 8.62. The number of halogens is 1. The molecule has 1 saturated carbocycles. The van der Waals surface area contributed by atoms with Gasteiger partial charge in [0.15, 0.2) is 0 Å². The van der Waals surface area contributed by atoms with E-state index in [0.717, 1.165) is 29.6 Å². The largest absolute Gasteiger partial charge is 0.370 e. The van der Waals surface area contributed by atoms with E-state index in [-0.39, 0.29) is 0 Å². The fraction of sp³-hybridized carbons (Fsp3) is 0.444. The highest BCUT2D eigenvalue weighted by Crippen LogP contribution is 2.21. The molecule has 2 aromatic rings. The lowest BCUT2D eigenvalue weighted by atomic mass is 9.95. The van der Waals surface area contributed by atoms with Gasteiger partial charge in [-0.2, -0.15) is 0 Å². The lowest BCUT2D eigenvalue weighted by Gasteiger charge is -2.23. The number of benzene rings is 1. The van der Waals surface area contributed by atoms with Crippen molar-refractivity contribution < 1.29 is 0 Å². The molecule has 0 spiro atoms. The molecular formula is C18H23ClN4. The Morgan fingerprint density at radius 2 is 1.87 bits per heavy atom. The van der Waals surface area contributed by atoms with Crippen LogP contribution in [0.5, 0.6) is 0 Å². The first-order valence-corrected chi connectivity index (χ1v) is 8.74. The van der Waals surface area contributed by atoms with Crippen molar-refractivity contribution in [3.63, 3.8) is 0 Å². The van der Waals surface area contributed by atoms with Crippen molar-refractivity contribution in [2.45, 2.75) is 44.6 Å². The van der Waals surface area contributed by atoms with Crippen LogP contribution < -0.4 is 10.6 Å². The maximum Gasteiger partial charge on any atom is 0.131 e. The van der Waals surface area contributed by atoms with Gasteiger partial charge >= 0.3 is 0 Å². The molecule has 1 heterocycles. The van der Waals surface area contributed by atoms with E-state index in [9.17, 15) is 0 Å². The summed E-state index contributed by atoms with van der Waals surface area (Å²) in [5, 5.41) is 7.67. The van der Waals surface area contributed by atoms with Gasteiger partial charge in [0.1, 0.15) is 18.0 Å². The standard InChI is InChI=1S/C18H23ClN4/c19-15-6-4-5-14(11-15)9-10-20-17-12-18(22-13-21-17)23-16-7-2-1-3-8-16/h4-6,11-13,16H,1-3,7-10H2,(H2,20,21,22,23). The van der Waals surface area contributed by atoms with Crippen molar-refractivity contribution in [2.75, 3.05) is 17.2 Å². The van der Waals surface area contributed by atoms with Gasteiger partial charge in [-0.3, -0.25) is 0 Å². The normalized spacial score (nSPS) is 15.3. The number of hydrogen-bond donors (Lipinski definition) is 2. The van der Waals surface area contributed by atoms with E-state index < -0.39 is 0 Å². The number of nitrogens with zero attached hydrogens (tertiary/aromatic N) is 2. The summed E-state index contributed by atoms with van der Waals surface area (Å²) in [5.41, 5.74) is 1.22. The highest BCUT2D eigenvalue weighted by molar-refractivity contribution is 6.30. The number of anilines is 2. The SMILES string of the molecule is Clc1cccc(CCNc2cc(NC3CCCCC3)ncn2)c1. The van der Waals surface area contributed by atoms with Gasteiger partial charge in [0.25, 0.3) is 0 Å².